The Morgan fingerprint density at radius 3 is 2.47 bits per heavy atom. The highest BCUT2D eigenvalue weighted by atomic mass is 32.1. The SMILES string of the molecule is CC(C)(N)COc1cccc2sc(C(C)(C)C)nc12. The van der Waals surface area contributed by atoms with Crippen molar-refractivity contribution < 1.29 is 4.74 Å². The second-order valence-corrected chi connectivity index (χ2v) is 7.68. The van der Waals surface area contributed by atoms with Crippen LogP contribution in [0.5, 0.6) is 5.75 Å². The molecule has 0 radical (unpaired) electrons. The van der Waals surface area contributed by atoms with E-state index in [1.54, 1.807) is 11.3 Å². The van der Waals surface area contributed by atoms with Crippen molar-refractivity contribution >= 4 is 21.6 Å². The normalized spacial score (nSPS) is 12.9. The van der Waals surface area contributed by atoms with Crippen LogP contribution in [0, 0.1) is 0 Å². The molecular weight excluding hydrogens is 256 g/mol. The molecule has 0 saturated heterocycles. The van der Waals surface area contributed by atoms with Crippen LogP contribution in [0.3, 0.4) is 0 Å². The molecule has 0 atom stereocenters. The number of para-hydroxylation sites is 1. The van der Waals surface area contributed by atoms with Gasteiger partial charge in [-0.3, -0.25) is 0 Å². The van der Waals surface area contributed by atoms with E-state index in [9.17, 15) is 0 Å². The number of hydrogen-bond donors (Lipinski definition) is 1. The van der Waals surface area contributed by atoms with Crippen LogP contribution < -0.4 is 10.5 Å². The summed E-state index contributed by atoms with van der Waals surface area (Å²) in [6, 6.07) is 6.05. The molecule has 0 amide bonds. The molecule has 0 saturated carbocycles. The Morgan fingerprint density at radius 1 is 1.21 bits per heavy atom. The van der Waals surface area contributed by atoms with Crippen LogP contribution in [-0.4, -0.2) is 17.1 Å². The van der Waals surface area contributed by atoms with Gasteiger partial charge in [0.25, 0.3) is 0 Å². The zero-order valence-electron chi connectivity index (χ0n) is 12.3. The molecule has 1 heterocycles. The van der Waals surface area contributed by atoms with Crippen molar-refractivity contribution in [2.24, 2.45) is 5.73 Å². The van der Waals surface area contributed by atoms with E-state index >= 15 is 0 Å². The van der Waals surface area contributed by atoms with Gasteiger partial charge in [0.05, 0.1) is 9.71 Å². The van der Waals surface area contributed by atoms with Gasteiger partial charge in [0.1, 0.15) is 17.9 Å². The minimum atomic E-state index is -0.342. The lowest BCUT2D eigenvalue weighted by Gasteiger charge is -2.19. The first-order chi connectivity index (χ1) is 8.67. The van der Waals surface area contributed by atoms with Crippen LogP contribution in [0.15, 0.2) is 18.2 Å². The Hall–Kier alpha value is -1.13. The minimum absolute atomic E-state index is 0.0636. The predicted molar refractivity (Wildman–Crippen MR) is 82.1 cm³/mol. The van der Waals surface area contributed by atoms with Crippen molar-refractivity contribution in [3.8, 4) is 5.75 Å². The van der Waals surface area contributed by atoms with Gasteiger partial charge in [-0.25, -0.2) is 4.98 Å². The summed E-state index contributed by atoms with van der Waals surface area (Å²) in [6.45, 7) is 10.9. The molecule has 0 unspecified atom stereocenters. The number of nitrogens with zero attached hydrogens (tertiary/aromatic N) is 1. The summed E-state index contributed by atoms with van der Waals surface area (Å²) in [5, 5.41) is 1.13. The Bertz CT molecular complexity index is 576. The van der Waals surface area contributed by atoms with Gasteiger partial charge in [0, 0.05) is 11.0 Å². The van der Waals surface area contributed by atoms with Crippen molar-refractivity contribution in [2.45, 2.75) is 45.6 Å². The smallest absolute Gasteiger partial charge is 0.146 e. The maximum absolute atomic E-state index is 5.96. The summed E-state index contributed by atoms with van der Waals surface area (Å²) in [5.41, 5.74) is 6.63. The van der Waals surface area contributed by atoms with Crippen molar-refractivity contribution in [3.63, 3.8) is 0 Å². The number of nitrogens with two attached hydrogens (primary N) is 1. The van der Waals surface area contributed by atoms with Crippen molar-refractivity contribution in [2.75, 3.05) is 6.61 Å². The number of fused-ring (bicyclic) bond motifs is 1. The third kappa shape index (κ3) is 3.45. The molecule has 104 valence electrons. The number of benzene rings is 1. The molecule has 1 aromatic heterocycles. The summed E-state index contributed by atoms with van der Waals surface area (Å²) in [6.07, 6.45) is 0. The van der Waals surface area contributed by atoms with Crippen LogP contribution in [0.25, 0.3) is 10.2 Å². The molecule has 0 spiro atoms. The molecule has 1 aromatic carbocycles. The highest BCUT2D eigenvalue weighted by Gasteiger charge is 2.20. The minimum Gasteiger partial charge on any atom is -0.489 e. The Balaban J connectivity index is 2.37. The standard InChI is InChI=1S/C15H22N2OS/c1-14(2,3)13-17-12-10(18-9-15(4,5)16)7-6-8-11(12)19-13/h6-8H,9,16H2,1-5H3. The van der Waals surface area contributed by atoms with E-state index in [2.05, 4.69) is 26.8 Å². The van der Waals surface area contributed by atoms with E-state index in [1.165, 1.54) is 0 Å². The van der Waals surface area contributed by atoms with Crippen LogP contribution in [0.2, 0.25) is 0 Å². The van der Waals surface area contributed by atoms with Gasteiger partial charge in [-0.2, -0.15) is 0 Å². The van der Waals surface area contributed by atoms with Crippen LogP contribution in [0.4, 0.5) is 0 Å². The fourth-order valence-electron chi connectivity index (χ4n) is 1.62. The molecule has 2 aromatic rings. The molecule has 0 fully saturated rings. The summed E-state index contributed by atoms with van der Waals surface area (Å²) in [7, 11) is 0. The molecule has 0 aliphatic carbocycles. The molecule has 0 aliphatic heterocycles. The monoisotopic (exact) mass is 278 g/mol. The highest BCUT2D eigenvalue weighted by Crippen LogP contribution is 2.35. The van der Waals surface area contributed by atoms with Crippen molar-refractivity contribution in [3.05, 3.63) is 23.2 Å². The molecule has 19 heavy (non-hydrogen) atoms. The summed E-state index contributed by atoms with van der Waals surface area (Å²) in [4.78, 5) is 4.74. The van der Waals surface area contributed by atoms with E-state index in [0.29, 0.717) is 6.61 Å². The van der Waals surface area contributed by atoms with Crippen LogP contribution in [-0.2, 0) is 5.41 Å². The Labute approximate surface area is 118 Å². The summed E-state index contributed by atoms with van der Waals surface area (Å²) < 4.78 is 6.99. The third-order valence-electron chi connectivity index (χ3n) is 2.62. The lowest BCUT2D eigenvalue weighted by molar-refractivity contribution is 0.245. The molecule has 2 rings (SSSR count). The topological polar surface area (TPSA) is 48.1 Å². The lowest BCUT2D eigenvalue weighted by atomic mass is 9.98. The number of aromatic nitrogens is 1. The Kier molecular flexibility index (Phi) is 3.58. The molecule has 2 N–H and O–H groups in total. The maximum atomic E-state index is 5.96. The van der Waals surface area contributed by atoms with Gasteiger partial charge in [-0.15, -0.1) is 11.3 Å². The third-order valence-corrected chi connectivity index (χ3v) is 4.07. The molecule has 0 bridgehead atoms. The predicted octanol–water partition coefficient (Wildman–Crippen LogP) is 3.71. The zero-order chi connectivity index (χ0) is 14.3. The van der Waals surface area contributed by atoms with Gasteiger partial charge < -0.3 is 10.5 Å². The van der Waals surface area contributed by atoms with Gasteiger partial charge in [0.15, 0.2) is 0 Å². The fraction of sp³-hybridized carbons (Fsp3) is 0.533. The van der Waals surface area contributed by atoms with Gasteiger partial charge in [-0.1, -0.05) is 26.8 Å². The maximum Gasteiger partial charge on any atom is 0.146 e. The van der Waals surface area contributed by atoms with Gasteiger partial charge in [0.2, 0.25) is 0 Å². The van der Waals surface area contributed by atoms with Crippen molar-refractivity contribution in [1.29, 1.82) is 0 Å². The molecule has 4 heteroatoms. The van der Waals surface area contributed by atoms with Gasteiger partial charge >= 0.3 is 0 Å². The fourth-order valence-corrected chi connectivity index (χ4v) is 2.67. The molecular formula is C15H22N2OS. The van der Waals surface area contributed by atoms with E-state index < -0.39 is 0 Å². The first-order valence-electron chi connectivity index (χ1n) is 6.48. The average Bonchev–Trinajstić information content (AvgIpc) is 2.68. The lowest BCUT2D eigenvalue weighted by Crippen LogP contribution is -2.38. The quantitative estimate of drug-likeness (QED) is 0.931. The van der Waals surface area contributed by atoms with E-state index in [4.69, 9.17) is 15.5 Å². The van der Waals surface area contributed by atoms with Crippen LogP contribution in [0.1, 0.15) is 39.6 Å². The van der Waals surface area contributed by atoms with Gasteiger partial charge in [-0.05, 0) is 26.0 Å². The van der Waals surface area contributed by atoms with E-state index in [0.717, 1.165) is 21.0 Å². The van der Waals surface area contributed by atoms with E-state index in [1.807, 2.05) is 26.0 Å². The number of rotatable bonds is 3. The summed E-state index contributed by atoms with van der Waals surface area (Å²) >= 11 is 1.73. The number of thiazole rings is 1. The Morgan fingerprint density at radius 2 is 1.89 bits per heavy atom. The molecule has 0 aliphatic rings. The van der Waals surface area contributed by atoms with E-state index in [-0.39, 0.29) is 11.0 Å². The summed E-state index contributed by atoms with van der Waals surface area (Å²) in [5.74, 6) is 0.822. The first kappa shape index (κ1) is 14.3. The largest absolute Gasteiger partial charge is 0.489 e. The van der Waals surface area contributed by atoms with Crippen LogP contribution >= 0.6 is 11.3 Å². The second kappa shape index (κ2) is 4.76. The highest BCUT2D eigenvalue weighted by molar-refractivity contribution is 7.18. The van der Waals surface area contributed by atoms with Crippen molar-refractivity contribution in [1.82, 2.24) is 4.98 Å². The molecule has 3 nitrogen and oxygen atoms in total. The second-order valence-electron chi connectivity index (χ2n) is 6.65. The average molecular weight is 278 g/mol. The zero-order valence-corrected chi connectivity index (χ0v) is 13.1. The number of ether oxygens (including phenoxy) is 1. The number of hydrogen-bond acceptors (Lipinski definition) is 4. The first-order valence-corrected chi connectivity index (χ1v) is 7.30.